The van der Waals surface area contributed by atoms with E-state index in [1.165, 1.54) is 0 Å². The van der Waals surface area contributed by atoms with Gasteiger partial charge in [-0.15, -0.1) is 0 Å². The molecule has 1 saturated heterocycles. The molecular formula is C46H59N7O6. The Labute approximate surface area is 347 Å². The van der Waals surface area contributed by atoms with Crippen molar-refractivity contribution in [2.75, 3.05) is 13.1 Å². The third-order valence-electron chi connectivity index (χ3n) is 10.6. The summed E-state index contributed by atoms with van der Waals surface area (Å²) in [5, 5.41) is 30.3. The Hall–Kier alpha value is -5.82. The molecule has 5 N–H and O–H groups in total. The molecule has 2 aromatic carbocycles. The van der Waals surface area contributed by atoms with Crippen molar-refractivity contribution in [3.8, 4) is 11.3 Å². The van der Waals surface area contributed by atoms with Gasteiger partial charge in [0, 0.05) is 36.6 Å². The smallest absolute Gasteiger partial charge is 0.405 e. The molecule has 0 saturated carbocycles. The van der Waals surface area contributed by atoms with Crippen LogP contribution < -0.4 is 16.0 Å². The van der Waals surface area contributed by atoms with Crippen LogP contribution in [0.5, 0.6) is 0 Å². The highest BCUT2D eigenvalue weighted by Gasteiger charge is 2.44. The summed E-state index contributed by atoms with van der Waals surface area (Å²) in [6, 6.07) is 24.9. The summed E-state index contributed by atoms with van der Waals surface area (Å²) >= 11 is 0. The number of aromatic nitrogens is 2. The van der Waals surface area contributed by atoms with Crippen LogP contribution in [0.4, 0.5) is 9.59 Å². The first kappa shape index (κ1) is 44.3. The van der Waals surface area contributed by atoms with Gasteiger partial charge in [0.1, 0.15) is 12.1 Å². The number of benzene rings is 2. The van der Waals surface area contributed by atoms with E-state index >= 15 is 0 Å². The Balaban J connectivity index is 1.41. The molecule has 0 aliphatic carbocycles. The lowest BCUT2D eigenvalue weighted by Crippen LogP contribution is -2.59. The molecule has 1 fully saturated rings. The highest BCUT2D eigenvalue weighted by molar-refractivity contribution is 5.89. The molecule has 13 heteroatoms. The van der Waals surface area contributed by atoms with Crippen LogP contribution in [0, 0.1) is 17.8 Å². The molecular weight excluding hydrogens is 747 g/mol. The third-order valence-corrected chi connectivity index (χ3v) is 10.6. The van der Waals surface area contributed by atoms with E-state index in [0.29, 0.717) is 26.1 Å². The van der Waals surface area contributed by atoms with Gasteiger partial charge in [-0.2, -0.15) is 0 Å². The topological polar surface area (TPSA) is 177 Å². The number of carboxylic acid groups (broad SMARTS) is 1. The van der Waals surface area contributed by atoms with E-state index in [2.05, 4.69) is 25.9 Å². The number of carbonyl (C=O) groups excluding carboxylic acids is 3. The number of hydrogen-bond donors (Lipinski definition) is 5. The van der Waals surface area contributed by atoms with E-state index < -0.39 is 59.0 Å². The van der Waals surface area contributed by atoms with Crippen molar-refractivity contribution in [3.05, 3.63) is 120 Å². The monoisotopic (exact) mass is 805 g/mol. The van der Waals surface area contributed by atoms with E-state index in [0.717, 1.165) is 33.8 Å². The number of aliphatic hydroxyl groups is 1. The van der Waals surface area contributed by atoms with Crippen LogP contribution >= 0.6 is 0 Å². The molecule has 13 nitrogen and oxygen atoms in total. The van der Waals surface area contributed by atoms with Crippen molar-refractivity contribution < 1.29 is 29.4 Å². The van der Waals surface area contributed by atoms with Crippen LogP contribution in [0.3, 0.4) is 0 Å². The molecule has 59 heavy (non-hydrogen) atoms. The number of nitrogens with one attached hydrogen (secondary N) is 3. The molecule has 314 valence electrons. The second kappa shape index (κ2) is 19.3. The molecule has 0 bridgehead atoms. The van der Waals surface area contributed by atoms with Gasteiger partial charge in [-0.05, 0) is 72.4 Å². The van der Waals surface area contributed by atoms with Crippen LogP contribution in [0.2, 0.25) is 0 Å². The predicted molar refractivity (Wildman–Crippen MR) is 227 cm³/mol. The van der Waals surface area contributed by atoms with Crippen LogP contribution in [0.25, 0.3) is 11.3 Å². The van der Waals surface area contributed by atoms with Gasteiger partial charge in [-0.25, -0.2) is 9.59 Å². The van der Waals surface area contributed by atoms with Crippen molar-refractivity contribution in [2.45, 2.75) is 105 Å². The average molecular weight is 806 g/mol. The van der Waals surface area contributed by atoms with Gasteiger partial charge >= 0.3 is 12.1 Å². The lowest BCUT2D eigenvalue weighted by atomic mass is 9.84. The number of urea groups is 1. The lowest BCUT2D eigenvalue weighted by Gasteiger charge is -2.38. The summed E-state index contributed by atoms with van der Waals surface area (Å²) in [5.41, 5.74) is 3.66. The maximum absolute atomic E-state index is 14.6. The first-order chi connectivity index (χ1) is 27.9. The number of nitrogens with zero attached hydrogens (tertiary/aromatic N) is 4. The average Bonchev–Trinajstić information content (AvgIpc) is 3.51. The van der Waals surface area contributed by atoms with E-state index in [1.54, 1.807) is 36.8 Å². The number of carbonyl (C=O) groups is 4. The van der Waals surface area contributed by atoms with Gasteiger partial charge in [0.15, 0.2) is 0 Å². The van der Waals surface area contributed by atoms with E-state index in [9.17, 15) is 29.4 Å². The fourth-order valence-electron chi connectivity index (χ4n) is 7.65. The highest BCUT2D eigenvalue weighted by Crippen LogP contribution is 2.29. The quantitative estimate of drug-likeness (QED) is 0.0917. The van der Waals surface area contributed by atoms with Crippen LogP contribution in [-0.4, -0.2) is 97.3 Å². The molecule has 0 spiro atoms. The largest absolute Gasteiger partial charge is 0.465 e. The van der Waals surface area contributed by atoms with Gasteiger partial charge in [0.05, 0.1) is 30.1 Å². The first-order valence-corrected chi connectivity index (χ1v) is 20.2. The molecule has 3 heterocycles. The second-order valence-corrected chi connectivity index (χ2v) is 17.6. The molecule has 0 unspecified atom stereocenters. The fourth-order valence-corrected chi connectivity index (χ4v) is 7.65. The Bertz CT molecular complexity index is 2030. The van der Waals surface area contributed by atoms with Crippen LogP contribution in [0.1, 0.15) is 70.5 Å². The van der Waals surface area contributed by atoms with Gasteiger partial charge in [-0.3, -0.25) is 19.6 Å². The summed E-state index contributed by atoms with van der Waals surface area (Å²) in [4.78, 5) is 66.4. The van der Waals surface area contributed by atoms with Gasteiger partial charge < -0.3 is 36.0 Å². The minimum atomic E-state index is -1.33. The Kier molecular flexibility index (Phi) is 14.5. The minimum Gasteiger partial charge on any atom is -0.465 e. The first-order valence-electron chi connectivity index (χ1n) is 20.2. The van der Waals surface area contributed by atoms with Crippen LogP contribution in [0.15, 0.2) is 97.2 Å². The predicted octanol–water partition coefficient (Wildman–Crippen LogP) is 5.99. The molecule has 5 atom stereocenters. The van der Waals surface area contributed by atoms with Crippen molar-refractivity contribution in [3.63, 3.8) is 0 Å². The van der Waals surface area contributed by atoms with Crippen molar-refractivity contribution >= 4 is 23.9 Å². The number of aliphatic hydroxyl groups excluding tert-OH is 1. The summed E-state index contributed by atoms with van der Waals surface area (Å²) in [5.74, 6) is -0.929. The summed E-state index contributed by atoms with van der Waals surface area (Å²) in [6.07, 6.45) is -0.170. The van der Waals surface area contributed by atoms with Crippen molar-refractivity contribution in [1.82, 2.24) is 35.7 Å². The number of pyridine rings is 2. The Morgan fingerprint density at radius 2 is 1.44 bits per heavy atom. The zero-order valence-corrected chi connectivity index (χ0v) is 35.2. The number of hydrogen-bond acceptors (Lipinski definition) is 7. The van der Waals surface area contributed by atoms with Gasteiger partial charge in [0.25, 0.3) is 0 Å². The molecule has 4 aromatic rings. The summed E-state index contributed by atoms with van der Waals surface area (Å²) < 4.78 is 0. The SMILES string of the molecule is Cc1cccc(CN2CCN([C@H](C(=O)N[C@@H](Cc3ccccc3)[C@@H](O)C[C@@H](Cc3ccc(-c4ccccn4)cc3)NC(=O)[C@@H](NC(=O)O)C(C)(C)C)C(C)(C)C)C2=O)n1. The minimum absolute atomic E-state index is 0.0234. The zero-order valence-electron chi connectivity index (χ0n) is 35.2. The zero-order chi connectivity index (χ0) is 42.9. The molecule has 0 radical (unpaired) electrons. The van der Waals surface area contributed by atoms with Gasteiger partial charge in [-0.1, -0.05) is 108 Å². The lowest BCUT2D eigenvalue weighted by molar-refractivity contribution is -0.131. The standard InChI is InChI=1S/C46H59N7O6/c1-30-14-13-17-34(48-30)29-52-24-25-53(44(52)59)40(46(5,6)7)42(56)50-37(27-31-15-9-8-10-16-31)38(54)28-35(49-41(55)39(45(2,3)4)51-43(57)58)26-32-19-21-33(22-20-32)36-18-11-12-23-47-36/h8-23,35,37-40,51,54H,24-29H2,1-7H3,(H,49,55)(H,50,56)(H,57,58)/t35-,37+,38+,39-,40-/m1/s1. The number of amides is 5. The summed E-state index contributed by atoms with van der Waals surface area (Å²) in [6.45, 7) is 14.1. The maximum atomic E-state index is 14.6. The molecule has 1 aliphatic rings. The summed E-state index contributed by atoms with van der Waals surface area (Å²) in [7, 11) is 0. The molecule has 2 aromatic heterocycles. The fraction of sp³-hybridized carbons (Fsp3) is 0.435. The number of aryl methyl sites for hydroxylation is 1. The third kappa shape index (κ3) is 12.3. The van der Waals surface area contributed by atoms with Crippen molar-refractivity contribution in [1.29, 1.82) is 0 Å². The molecule has 5 rings (SSSR count). The Morgan fingerprint density at radius 1 is 0.763 bits per heavy atom. The highest BCUT2D eigenvalue weighted by atomic mass is 16.4. The maximum Gasteiger partial charge on any atom is 0.405 e. The second-order valence-electron chi connectivity index (χ2n) is 17.6. The van der Waals surface area contributed by atoms with Crippen molar-refractivity contribution in [2.24, 2.45) is 10.8 Å². The molecule has 1 aliphatic heterocycles. The molecule has 5 amide bonds. The number of rotatable bonds is 16. The Morgan fingerprint density at radius 3 is 2.05 bits per heavy atom. The normalized spacial score (nSPS) is 15.8. The van der Waals surface area contributed by atoms with E-state index in [4.69, 9.17) is 0 Å². The van der Waals surface area contributed by atoms with E-state index in [1.807, 2.05) is 119 Å². The van der Waals surface area contributed by atoms with E-state index in [-0.39, 0.29) is 18.9 Å². The van der Waals surface area contributed by atoms with Crippen LogP contribution in [-0.2, 0) is 29.0 Å². The van der Waals surface area contributed by atoms with Gasteiger partial charge in [0.2, 0.25) is 11.8 Å².